The molecule has 108 valence electrons. The molecule has 1 aromatic rings. The first-order valence-electron chi connectivity index (χ1n) is 6.88. The Bertz CT molecular complexity index is 390. The molecule has 2 atom stereocenters. The molecule has 0 saturated carbocycles. The second kappa shape index (κ2) is 8.46. The molecule has 2 unspecified atom stereocenters. The Morgan fingerprint density at radius 2 is 1.79 bits per heavy atom. The molecule has 0 heterocycles. The highest BCUT2D eigenvalue weighted by Gasteiger charge is 2.07. The van der Waals surface area contributed by atoms with Gasteiger partial charge in [0.2, 0.25) is 0 Å². The number of nitrogens with one attached hydrogen (secondary N) is 1. The maximum absolute atomic E-state index is 11.2. The predicted octanol–water partition coefficient (Wildman–Crippen LogP) is 2.20. The second-order valence-electron chi connectivity index (χ2n) is 4.97. The summed E-state index contributed by atoms with van der Waals surface area (Å²) in [5.74, 6) is 1.85. The highest BCUT2D eigenvalue weighted by molar-refractivity contribution is 7.84. The quantitative estimate of drug-likeness (QED) is 0.719. The first-order valence-corrected chi connectivity index (χ1v) is 8.37. The summed E-state index contributed by atoms with van der Waals surface area (Å²) in [5.41, 5.74) is 2.20. The van der Waals surface area contributed by atoms with Gasteiger partial charge in [0.05, 0.1) is 6.10 Å². The molecule has 0 aliphatic carbocycles. The van der Waals surface area contributed by atoms with Gasteiger partial charge in [-0.1, -0.05) is 45.0 Å². The van der Waals surface area contributed by atoms with Gasteiger partial charge in [0.25, 0.3) is 0 Å². The fraction of sp³-hybridized carbons (Fsp3) is 0.600. The third kappa shape index (κ3) is 5.85. The van der Waals surface area contributed by atoms with Gasteiger partial charge in [0.1, 0.15) is 0 Å². The van der Waals surface area contributed by atoms with E-state index in [4.69, 9.17) is 0 Å². The van der Waals surface area contributed by atoms with Gasteiger partial charge in [-0.25, -0.2) is 0 Å². The maximum Gasteiger partial charge on any atom is 0.0914 e. The van der Waals surface area contributed by atoms with Gasteiger partial charge in [0.15, 0.2) is 0 Å². The van der Waals surface area contributed by atoms with E-state index in [0.717, 1.165) is 5.56 Å². The Kier molecular flexibility index (Phi) is 7.28. The summed E-state index contributed by atoms with van der Waals surface area (Å²) >= 11 is 0. The molecule has 0 spiro atoms. The summed E-state index contributed by atoms with van der Waals surface area (Å²) in [4.78, 5) is 0. The summed E-state index contributed by atoms with van der Waals surface area (Å²) in [6.07, 6.45) is -0.503. The minimum atomic E-state index is -0.739. The average molecular weight is 283 g/mol. The lowest BCUT2D eigenvalue weighted by Crippen LogP contribution is -2.26. The number of hydrogen-bond donors (Lipinski definition) is 2. The summed E-state index contributed by atoms with van der Waals surface area (Å²) < 4.78 is 11.2. The van der Waals surface area contributed by atoms with E-state index in [2.05, 4.69) is 31.3 Å². The van der Waals surface area contributed by atoms with E-state index in [9.17, 15) is 9.32 Å². The predicted molar refractivity (Wildman–Crippen MR) is 81.9 cm³/mol. The van der Waals surface area contributed by atoms with Crippen LogP contribution in [0, 0.1) is 0 Å². The van der Waals surface area contributed by atoms with E-state index >= 15 is 0 Å². The van der Waals surface area contributed by atoms with E-state index in [1.54, 1.807) is 0 Å². The molecule has 0 bridgehead atoms. The minimum absolute atomic E-state index is 0.502. The largest absolute Gasteiger partial charge is 0.387 e. The lowest BCUT2D eigenvalue weighted by Gasteiger charge is -2.13. The van der Waals surface area contributed by atoms with Crippen LogP contribution in [0.4, 0.5) is 0 Å². The van der Waals surface area contributed by atoms with Gasteiger partial charge in [-0.3, -0.25) is 4.21 Å². The van der Waals surface area contributed by atoms with E-state index in [1.165, 1.54) is 5.56 Å². The molecular formula is C15H25NO2S. The Morgan fingerprint density at radius 1 is 1.21 bits per heavy atom. The molecule has 19 heavy (non-hydrogen) atoms. The summed E-state index contributed by atoms with van der Waals surface area (Å²) in [6.45, 7) is 7.41. The molecule has 0 saturated heterocycles. The summed E-state index contributed by atoms with van der Waals surface area (Å²) in [6, 6.07) is 8.09. The van der Waals surface area contributed by atoms with Crippen LogP contribution < -0.4 is 5.32 Å². The Morgan fingerprint density at radius 3 is 2.32 bits per heavy atom. The molecule has 0 aliphatic heterocycles. The van der Waals surface area contributed by atoms with Gasteiger partial charge >= 0.3 is 0 Å². The monoisotopic (exact) mass is 283 g/mol. The van der Waals surface area contributed by atoms with E-state index in [-0.39, 0.29) is 0 Å². The highest BCUT2D eigenvalue weighted by atomic mass is 32.2. The number of benzene rings is 1. The summed E-state index contributed by atoms with van der Waals surface area (Å²) in [7, 11) is -0.739. The molecule has 0 radical (unpaired) electrons. The van der Waals surface area contributed by atoms with Crippen molar-refractivity contribution in [1.29, 1.82) is 0 Å². The normalized spacial score (nSPS) is 14.6. The fourth-order valence-electron chi connectivity index (χ4n) is 1.79. The van der Waals surface area contributed by atoms with Crippen LogP contribution in [0.1, 0.15) is 43.9 Å². The van der Waals surface area contributed by atoms with Crippen LogP contribution in [-0.2, 0) is 10.8 Å². The van der Waals surface area contributed by atoms with Crippen molar-refractivity contribution in [2.75, 3.05) is 24.6 Å². The van der Waals surface area contributed by atoms with Crippen molar-refractivity contribution in [1.82, 2.24) is 5.32 Å². The molecule has 4 heteroatoms. The molecule has 1 rings (SSSR count). The SMILES string of the molecule is CCS(=O)CCNCC(O)c1ccc(C(C)C)cc1. The topological polar surface area (TPSA) is 49.3 Å². The van der Waals surface area contributed by atoms with Gasteiger partial charge in [-0.2, -0.15) is 0 Å². The first kappa shape index (κ1) is 16.3. The fourth-order valence-corrected chi connectivity index (χ4v) is 2.45. The lowest BCUT2D eigenvalue weighted by molar-refractivity contribution is 0.175. The van der Waals surface area contributed by atoms with Gasteiger partial charge in [0, 0.05) is 35.4 Å². The van der Waals surface area contributed by atoms with Crippen LogP contribution in [0.5, 0.6) is 0 Å². The van der Waals surface area contributed by atoms with Gasteiger partial charge in [-0.05, 0) is 17.0 Å². The molecule has 0 aliphatic rings. The van der Waals surface area contributed by atoms with E-state index in [0.29, 0.717) is 30.5 Å². The van der Waals surface area contributed by atoms with Crippen LogP contribution in [0.3, 0.4) is 0 Å². The highest BCUT2D eigenvalue weighted by Crippen LogP contribution is 2.18. The Labute approximate surface area is 118 Å². The number of aliphatic hydroxyl groups is 1. The molecule has 0 fully saturated rings. The molecule has 3 nitrogen and oxygen atoms in total. The molecule has 2 N–H and O–H groups in total. The number of hydrogen-bond acceptors (Lipinski definition) is 3. The van der Waals surface area contributed by atoms with Crippen molar-refractivity contribution >= 4 is 10.8 Å². The van der Waals surface area contributed by atoms with Crippen molar-refractivity contribution in [3.8, 4) is 0 Å². The second-order valence-corrected chi connectivity index (χ2v) is 6.84. The van der Waals surface area contributed by atoms with Crippen molar-refractivity contribution < 1.29 is 9.32 Å². The smallest absolute Gasteiger partial charge is 0.0914 e. The maximum atomic E-state index is 11.2. The van der Waals surface area contributed by atoms with Gasteiger partial charge < -0.3 is 10.4 Å². The zero-order valence-corrected chi connectivity index (χ0v) is 12.9. The third-order valence-electron chi connectivity index (χ3n) is 3.15. The molecule has 1 aromatic carbocycles. The Balaban J connectivity index is 2.36. The third-order valence-corrected chi connectivity index (χ3v) is 4.46. The average Bonchev–Trinajstić information content (AvgIpc) is 2.43. The zero-order chi connectivity index (χ0) is 14.3. The van der Waals surface area contributed by atoms with Crippen molar-refractivity contribution in [2.45, 2.75) is 32.8 Å². The van der Waals surface area contributed by atoms with Crippen LogP contribution in [0.15, 0.2) is 24.3 Å². The Hall–Kier alpha value is -0.710. The number of rotatable bonds is 8. The zero-order valence-electron chi connectivity index (χ0n) is 12.1. The van der Waals surface area contributed by atoms with Crippen LogP contribution in [0.2, 0.25) is 0 Å². The first-order chi connectivity index (χ1) is 9.04. The lowest BCUT2D eigenvalue weighted by atomic mass is 10.00. The number of aliphatic hydroxyl groups excluding tert-OH is 1. The van der Waals surface area contributed by atoms with Crippen molar-refractivity contribution in [3.63, 3.8) is 0 Å². The summed E-state index contributed by atoms with van der Waals surface area (Å²) in [5, 5.41) is 13.2. The molecule has 0 aromatic heterocycles. The molecule has 0 amide bonds. The minimum Gasteiger partial charge on any atom is -0.387 e. The van der Waals surface area contributed by atoms with Crippen molar-refractivity contribution in [3.05, 3.63) is 35.4 Å². The van der Waals surface area contributed by atoms with Crippen molar-refractivity contribution in [2.24, 2.45) is 0 Å². The van der Waals surface area contributed by atoms with E-state index in [1.807, 2.05) is 19.1 Å². The molecular weight excluding hydrogens is 258 g/mol. The van der Waals surface area contributed by atoms with Crippen LogP contribution in [0.25, 0.3) is 0 Å². The van der Waals surface area contributed by atoms with E-state index < -0.39 is 16.9 Å². The van der Waals surface area contributed by atoms with Gasteiger partial charge in [-0.15, -0.1) is 0 Å². The standard InChI is InChI=1S/C15H25NO2S/c1-4-19(18)10-9-16-11-15(17)14-7-5-13(6-8-14)12(2)3/h5-8,12,15-17H,4,9-11H2,1-3H3. The van der Waals surface area contributed by atoms with Crippen LogP contribution >= 0.6 is 0 Å². The van der Waals surface area contributed by atoms with Crippen LogP contribution in [-0.4, -0.2) is 33.9 Å².